The number of hydrogen-bond donors (Lipinski definition) is 4. The minimum atomic E-state index is -5.11. The monoisotopic (exact) mass is 288 g/mol. The Kier molecular flexibility index (Phi) is 5.16. The molecule has 1 unspecified atom stereocenters. The fraction of sp³-hybridized carbons (Fsp3) is 0.500. The summed E-state index contributed by atoms with van der Waals surface area (Å²) in [6.45, 7) is 0. The standard InChI is InChI=1S/C6H8O11S/c7-3(8)1-6(12,5(10)11)2-4(9)16-17-18(13,14)15/h12H,1-2H2,(H,7,8)(H,10,11)(H,13,14,15). The molecule has 0 radical (unpaired) electrons. The Morgan fingerprint density at radius 2 is 1.61 bits per heavy atom. The highest BCUT2D eigenvalue weighted by Gasteiger charge is 2.42. The summed E-state index contributed by atoms with van der Waals surface area (Å²) < 4.78 is 31.2. The SMILES string of the molecule is O=C(O)CC(O)(CC(=O)OOS(=O)(=O)O)C(=O)O. The summed E-state index contributed by atoms with van der Waals surface area (Å²) in [4.78, 5) is 35.1. The van der Waals surface area contributed by atoms with Crippen molar-refractivity contribution in [3.8, 4) is 0 Å². The predicted octanol–water partition coefficient (Wildman–Crippen LogP) is -2.06. The molecule has 0 aromatic rings. The second kappa shape index (κ2) is 5.72. The molecular weight excluding hydrogens is 280 g/mol. The van der Waals surface area contributed by atoms with Gasteiger partial charge in [-0.15, -0.1) is 0 Å². The lowest BCUT2D eigenvalue weighted by molar-refractivity contribution is -0.220. The van der Waals surface area contributed by atoms with Crippen LogP contribution < -0.4 is 0 Å². The molecule has 0 fully saturated rings. The maximum Gasteiger partial charge on any atom is 0.432 e. The number of carbonyl (C=O) groups excluding carboxylic acids is 1. The van der Waals surface area contributed by atoms with Gasteiger partial charge in [-0.1, -0.05) is 0 Å². The molecule has 0 aromatic carbocycles. The third kappa shape index (κ3) is 6.09. The number of carboxylic acids is 2. The van der Waals surface area contributed by atoms with Crippen molar-refractivity contribution in [3.63, 3.8) is 0 Å². The minimum Gasteiger partial charge on any atom is -0.481 e. The Labute approximate surface area is 99.4 Å². The zero-order valence-electron chi connectivity index (χ0n) is 8.47. The van der Waals surface area contributed by atoms with Crippen molar-refractivity contribution in [2.75, 3.05) is 0 Å². The normalized spacial score (nSPS) is 14.6. The third-order valence-corrected chi connectivity index (χ3v) is 1.73. The fourth-order valence-corrected chi connectivity index (χ4v) is 0.975. The highest BCUT2D eigenvalue weighted by atomic mass is 32.3. The molecule has 11 nitrogen and oxygen atoms in total. The molecule has 0 saturated carbocycles. The number of rotatable bonds is 7. The van der Waals surface area contributed by atoms with E-state index < -0.39 is 46.7 Å². The van der Waals surface area contributed by atoms with Gasteiger partial charge in [-0.3, -0.25) is 14.2 Å². The van der Waals surface area contributed by atoms with Crippen molar-refractivity contribution in [1.29, 1.82) is 0 Å². The van der Waals surface area contributed by atoms with Gasteiger partial charge < -0.3 is 15.3 Å². The van der Waals surface area contributed by atoms with Gasteiger partial charge in [0.2, 0.25) is 0 Å². The lowest BCUT2D eigenvalue weighted by Crippen LogP contribution is -2.43. The maximum absolute atomic E-state index is 10.9. The zero-order chi connectivity index (χ0) is 14.6. The van der Waals surface area contributed by atoms with E-state index in [1.54, 1.807) is 0 Å². The summed E-state index contributed by atoms with van der Waals surface area (Å²) in [6, 6.07) is 0. The molecular formula is C6H8O11S. The molecule has 0 heterocycles. The minimum absolute atomic E-state index is 1.33. The molecule has 0 bridgehead atoms. The second-order valence-corrected chi connectivity index (χ2v) is 4.03. The zero-order valence-corrected chi connectivity index (χ0v) is 9.29. The topological polar surface area (TPSA) is 185 Å². The van der Waals surface area contributed by atoms with Gasteiger partial charge in [0.15, 0.2) is 5.60 Å². The number of carbonyl (C=O) groups is 3. The molecule has 0 aliphatic heterocycles. The van der Waals surface area contributed by atoms with Gasteiger partial charge >= 0.3 is 28.3 Å². The van der Waals surface area contributed by atoms with Crippen LogP contribution >= 0.6 is 0 Å². The smallest absolute Gasteiger partial charge is 0.432 e. The van der Waals surface area contributed by atoms with Crippen LogP contribution in [0.25, 0.3) is 0 Å². The molecule has 0 spiro atoms. The van der Waals surface area contributed by atoms with Crippen LogP contribution in [0, 0.1) is 0 Å². The first-order chi connectivity index (χ1) is 7.96. The number of aliphatic hydroxyl groups is 1. The number of aliphatic carboxylic acids is 2. The molecule has 4 N–H and O–H groups in total. The van der Waals surface area contributed by atoms with Gasteiger partial charge in [0.25, 0.3) is 0 Å². The first-order valence-corrected chi connectivity index (χ1v) is 5.37. The van der Waals surface area contributed by atoms with Gasteiger partial charge in [0, 0.05) is 0 Å². The molecule has 0 rings (SSSR count). The van der Waals surface area contributed by atoms with E-state index in [1.165, 1.54) is 0 Å². The third-order valence-electron chi connectivity index (χ3n) is 1.49. The van der Waals surface area contributed by atoms with Crippen molar-refractivity contribution < 1.29 is 51.9 Å². The van der Waals surface area contributed by atoms with Gasteiger partial charge in [0.1, 0.15) is 0 Å². The number of carboxylic acid groups (broad SMARTS) is 2. The summed E-state index contributed by atoms with van der Waals surface area (Å²) in [5.74, 6) is -5.46. The van der Waals surface area contributed by atoms with Crippen molar-refractivity contribution in [2.45, 2.75) is 18.4 Å². The molecule has 1 atom stereocenters. The van der Waals surface area contributed by atoms with E-state index in [2.05, 4.69) is 9.22 Å². The van der Waals surface area contributed by atoms with E-state index in [0.29, 0.717) is 0 Å². The van der Waals surface area contributed by atoms with E-state index in [-0.39, 0.29) is 0 Å². The van der Waals surface area contributed by atoms with Crippen LogP contribution in [0.15, 0.2) is 0 Å². The average Bonchev–Trinajstić information content (AvgIpc) is 2.11. The van der Waals surface area contributed by atoms with Crippen LogP contribution in [0.2, 0.25) is 0 Å². The highest BCUT2D eigenvalue weighted by Crippen LogP contribution is 2.17. The van der Waals surface area contributed by atoms with E-state index in [4.69, 9.17) is 14.8 Å². The maximum atomic E-state index is 10.9. The van der Waals surface area contributed by atoms with Crippen LogP contribution in [0.3, 0.4) is 0 Å². The Balaban J connectivity index is 4.65. The Morgan fingerprint density at radius 1 is 1.11 bits per heavy atom. The molecule has 0 amide bonds. The van der Waals surface area contributed by atoms with E-state index in [1.807, 2.05) is 0 Å². The number of hydrogen-bond acceptors (Lipinski definition) is 8. The molecule has 104 valence electrons. The van der Waals surface area contributed by atoms with Crippen LogP contribution in [0.1, 0.15) is 12.8 Å². The summed E-state index contributed by atoms with van der Waals surface area (Å²) in [5.41, 5.74) is -2.99. The van der Waals surface area contributed by atoms with Gasteiger partial charge in [-0.05, 0) is 4.33 Å². The van der Waals surface area contributed by atoms with Crippen LogP contribution in [0.4, 0.5) is 0 Å². The summed E-state index contributed by atoms with van der Waals surface area (Å²) in [6.07, 6.45) is -2.73. The molecule has 0 aromatic heterocycles. The van der Waals surface area contributed by atoms with Gasteiger partial charge in [-0.2, -0.15) is 8.42 Å². The lowest BCUT2D eigenvalue weighted by Gasteiger charge is -2.19. The van der Waals surface area contributed by atoms with Gasteiger partial charge in [0.05, 0.1) is 12.8 Å². The second-order valence-electron chi connectivity index (χ2n) is 3.04. The Morgan fingerprint density at radius 3 is 1.94 bits per heavy atom. The van der Waals surface area contributed by atoms with Gasteiger partial charge in [-0.25, -0.2) is 9.59 Å². The van der Waals surface area contributed by atoms with Crippen molar-refractivity contribution in [2.24, 2.45) is 0 Å². The average molecular weight is 288 g/mol. The first-order valence-electron chi connectivity index (χ1n) is 4.00. The van der Waals surface area contributed by atoms with E-state index in [9.17, 15) is 27.9 Å². The van der Waals surface area contributed by atoms with Crippen molar-refractivity contribution in [1.82, 2.24) is 0 Å². The van der Waals surface area contributed by atoms with E-state index in [0.717, 1.165) is 0 Å². The van der Waals surface area contributed by atoms with Crippen molar-refractivity contribution >= 4 is 28.3 Å². The molecule has 18 heavy (non-hydrogen) atoms. The van der Waals surface area contributed by atoms with Crippen LogP contribution in [0.5, 0.6) is 0 Å². The largest absolute Gasteiger partial charge is 0.481 e. The predicted molar refractivity (Wildman–Crippen MR) is 48.2 cm³/mol. The molecule has 12 heteroatoms. The van der Waals surface area contributed by atoms with Crippen molar-refractivity contribution in [3.05, 3.63) is 0 Å². The molecule has 0 aliphatic rings. The quantitative estimate of drug-likeness (QED) is 0.229. The Hall–Kier alpha value is -1.76. The van der Waals surface area contributed by atoms with Crippen LogP contribution in [-0.2, 0) is 34.0 Å². The Bertz CT molecular complexity index is 450. The molecule has 0 saturated heterocycles. The summed E-state index contributed by atoms with van der Waals surface area (Å²) >= 11 is 0. The van der Waals surface area contributed by atoms with Crippen LogP contribution in [-0.4, -0.2) is 51.8 Å². The highest BCUT2D eigenvalue weighted by molar-refractivity contribution is 7.80. The fourth-order valence-electron chi connectivity index (χ4n) is 0.813. The summed E-state index contributed by atoms with van der Waals surface area (Å²) in [7, 11) is -5.11. The lowest BCUT2D eigenvalue weighted by atomic mass is 9.96. The summed E-state index contributed by atoms with van der Waals surface area (Å²) in [5, 5.41) is 26.2. The first kappa shape index (κ1) is 16.2. The van der Waals surface area contributed by atoms with E-state index >= 15 is 0 Å². The molecule has 0 aliphatic carbocycles.